The standard InChI is InChI=1S/C16H24N2O2/c1-12-4-7-16(18-11-12)17-9-8-13-5-6-14(19-2)15(10-13)20-3/h5-7,10,12,17-18H,4,8-9,11H2,1-3H3. The third kappa shape index (κ3) is 3.83. The van der Waals surface area contributed by atoms with Crippen LogP contribution in [0.15, 0.2) is 30.1 Å². The van der Waals surface area contributed by atoms with E-state index in [9.17, 15) is 0 Å². The molecule has 1 aliphatic heterocycles. The summed E-state index contributed by atoms with van der Waals surface area (Å²) < 4.78 is 10.6. The van der Waals surface area contributed by atoms with Gasteiger partial charge in [0.25, 0.3) is 0 Å². The second kappa shape index (κ2) is 7.08. The second-order valence-corrected chi connectivity index (χ2v) is 5.21. The molecule has 2 N–H and O–H groups in total. The quantitative estimate of drug-likeness (QED) is 0.836. The second-order valence-electron chi connectivity index (χ2n) is 5.21. The number of ether oxygens (including phenoxy) is 2. The average molecular weight is 276 g/mol. The van der Waals surface area contributed by atoms with E-state index in [-0.39, 0.29) is 0 Å². The van der Waals surface area contributed by atoms with E-state index in [2.05, 4.69) is 29.7 Å². The molecule has 20 heavy (non-hydrogen) atoms. The van der Waals surface area contributed by atoms with Crippen LogP contribution in [0, 0.1) is 5.92 Å². The van der Waals surface area contributed by atoms with E-state index in [0.717, 1.165) is 49.2 Å². The van der Waals surface area contributed by atoms with Crippen molar-refractivity contribution >= 4 is 0 Å². The molecule has 1 aromatic rings. The fourth-order valence-corrected chi connectivity index (χ4v) is 2.27. The Kier molecular flexibility index (Phi) is 5.16. The van der Waals surface area contributed by atoms with Crippen molar-refractivity contribution in [3.63, 3.8) is 0 Å². The molecule has 0 saturated carbocycles. The maximum atomic E-state index is 5.32. The smallest absolute Gasteiger partial charge is 0.160 e. The number of benzene rings is 1. The molecule has 0 radical (unpaired) electrons. The summed E-state index contributed by atoms with van der Waals surface area (Å²) in [5.74, 6) is 3.44. The zero-order valence-corrected chi connectivity index (χ0v) is 12.5. The van der Waals surface area contributed by atoms with Crippen LogP contribution >= 0.6 is 0 Å². The summed E-state index contributed by atoms with van der Waals surface area (Å²) in [4.78, 5) is 0. The summed E-state index contributed by atoms with van der Waals surface area (Å²) in [7, 11) is 3.32. The minimum Gasteiger partial charge on any atom is -0.493 e. The molecular formula is C16H24N2O2. The third-order valence-electron chi connectivity index (χ3n) is 3.54. The van der Waals surface area contributed by atoms with Crippen molar-refractivity contribution < 1.29 is 9.47 Å². The Bertz CT molecular complexity index is 472. The Hall–Kier alpha value is -1.84. The molecule has 1 aliphatic rings. The molecule has 1 heterocycles. The van der Waals surface area contributed by atoms with Gasteiger partial charge in [0.05, 0.1) is 20.0 Å². The maximum absolute atomic E-state index is 5.32. The lowest BCUT2D eigenvalue weighted by Crippen LogP contribution is -2.33. The van der Waals surface area contributed by atoms with Crippen LogP contribution in [0.2, 0.25) is 0 Å². The van der Waals surface area contributed by atoms with Crippen LogP contribution in [0.5, 0.6) is 11.5 Å². The van der Waals surface area contributed by atoms with E-state index >= 15 is 0 Å². The molecule has 0 saturated heterocycles. The van der Waals surface area contributed by atoms with E-state index in [0.29, 0.717) is 0 Å². The molecule has 0 fully saturated rings. The molecule has 1 aromatic carbocycles. The normalized spacial score (nSPS) is 17.9. The van der Waals surface area contributed by atoms with Crippen molar-refractivity contribution in [2.24, 2.45) is 5.92 Å². The maximum Gasteiger partial charge on any atom is 0.160 e. The first kappa shape index (κ1) is 14.6. The Morgan fingerprint density at radius 3 is 2.70 bits per heavy atom. The lowest BCUT2D eigenvalue weighted by molar-refractivity contribution is 0.354. The molecule has 0 spiro atoms. The molecule has 0 aliphatic carbocycles. The molecule has 4 heteroatoms. The number of hydrogen-bond donors (Lipinski definition) is 2. The zero-order chi connectivity index (χ0) is 14.4. The van der Waals surface area contributed by atoms with E-state index in [1.54, 1.807) is 14.2 Å². The molecule has 1 unspecified atom stereocenters. The topological polar surface area (TPSA) is 42.5 Å². The van der Waals surface area contributed by atoms with Gasteiger partial charge in [0.15, 0.2) is 11.5 Å². The fourth-order valence-electron chi connectivity index (χ4n) is 2.27. The summed E-state index contributed by atoms with van der Waals surface area (Å²) in [6.07, 6.45) is 4.34. The first-order valence-electron chi connectivity index (χ1n) is 7.11. The van der Waals surface area contributed by atoms with E-state index in [1.165, 1.54) is 5.56 Å². The fraction of sp³-hybridized carbons (Fsp3) is 0.500. The van der Waals surface area contributed by atoms with Crippen molar-refractivity contribution in [2.75, 3.05) is 27.3 Å². The first-order chi connectivity index (χ1) is 9.72. The minimum absolute atomic E-state index is 0.728. The summed E-state index contributed by atoms with van der Waals surface area (Å²) in [5, 5.41) is 6.84. The summed E-state index contributed by atoms with van der Waals surface area (Å²) in [6, 6.07) is 6.06. The van der Waals surface area contributed by atoms with Crippen LogP contribution in [-0.2, 0) is 6.42 Å². The van der Waals surface area contributed by atoms with Crippen molar-refractivity contribution in [1.29, 1.82) is 0 Å². The lowest BCUT2D eigenvalue weighted by atomic mass is 10.1. The Morgan fingerprint density at radius 2 is 2.05 bits per heavy atom. The van der Waals surface area contributed by atoms with Gasteiger partial charge < -0.3 is 20.1 Å². The molecule has 110 valence electrons. The predicted molar refractivity (Wildman–Crippen MR) is 81.1 cm³/mol. The van der Waals surface area contributed by atoms with Crippen LogP contribution in [-0.4, -0.2) is 27.3 Å². The van der Waals surface area contributed by atoms with Crippen LogP contribution < -0.4 is 20.1 Å². The lowest BCUT2D eigenvalue weighted by Gasteiger charge is -2.21. The van der Waals surface area contributed by atoms with Gasteiger partial charge in [0.1, 0.15) is 0 Å². The number of rotatable bonds is 6. The molecule has 0 bridgehead atoms. The van der Waals surface area contributed by atoms with Crippen LogP contribution in [0.4, 0.5) is 0 Å². The van der Waals surface area contributed by atoms with Gasteiger partial charge in [-0.3, -0.25) is 0 Å². The van der Waals surface area contributed by atoms with E-state index in [4.69, 9.17) is 9.47 Å². The highest BCUT2D eigenvalue weighted by Crippen LogP contribution is 2.27. The SMILES string of the molecule is COc1ccc(CCNC2=CCC(C)CN2)cc1OC. The molecule has 0 amide bonds. The van der Waals surface area contributed by atoms with Gasteiger partial charge in [-0.2, -0.15) is 0 Å². The van der Waals surface area contributed by atoms with Crippen LogP contribution in [0.25, 0.3) is 0 Å². The Morgan fingerprint density at radius 1 is 1.25 bits per heavy atom. The van der Waals surface area contributed by atoms with Gasteiger partial charge in [0, 0.05) is 13.1 Å². The number of hydrogen-bond acceptors (Lipinski definition) is 4. The van der Waals surface area contributed by atoms with Gasteiger partial charge in [-0.15, -0.1) is 0 Å². The van der Waals surface area contributed by atoms with Crippen molar-refractivity contribution in [2.45, 2.75) is 19.8 Å². The Labute approximate surface area is 121 Å². The number of nitrogens with one attached hydrogen (secondary N) is 2. The van der Waals surface area contributed by atoms with Crippen LogP contribution in [0.1, 0.15) is 18.9 Å². The predicted octanol–water partition coefficient (Wildman–Crippen LogP) is 2.31. The third-order valence-corrected chi connectivity index (χ3v) is 3.54. The largest absolute Gasteiger partial charge is 0.493 e. The average Bonchev–Trinajstić information content (AvgIpc) is 2.49. The molecule has 4 nitrogen and oxygen atoms in total. The summed E-state index contributed by atoms with van der Waals surface area (Å²) >= 11 is 0. The van der Waals surface area contributed by atoms with Gasteiger partial charge in [0.2, 0.25) is 0 Å². The van der Waals surface area contributed by atoms with Gasteiger partial charge >= 0.3 is 0 Å². The van der Waals surface area contributed by atoms with Crippen molar-refractivity contribution in [3.05, 3.63) is 35.7 Å². The van der Waals surface area contributed by atoms with Crippen molar-refractivity contribution in [1.82, 2.24) is 10.6 Å². The summed E-state index contributed by atoms with van der Waals surface area (Å²) in [6.45, 7) is 4.21. The highest BCUT2D eigenvalue weighted by molar-refractivity contribution is 5.42. The Balaban J connectivity index is 1.85. The van der Waals surface area contributed by atoms with E-state index < -0.39 is 0 Å². The first-order valence-corrected chi connectivity index (χ1v) is 7.11. The number of methoxy groups -OCH3 is 2. The molecule has 2 rings (SSSR count). The van der Waals surface area contributed by atoms with E-state index in [1.807, 2.05) is 12.1 Å². The monoisotopic (exact) mass is 276 g/mol. The minimum atomic E-state index is 0.728. The molecule has 1 atom stereocenters. The van der Waals surface area contributed by atoms with Gasteiger partial charge in [-0.05, 0) is 42.5 Å². The summed E-state index contributed by atoms with van der Waals surface area (Å²) in [5.41, 5.74) is 1.24. The van der Waals surface area contributed by atoms with Crippen LogP contribution in [0.3, 0.4) is 0 Å². The molecular weight excluding hydrogens is 252 g/mol. The molecule has 0 aromatic heterocycles. The van der Waals surface area contributed by atoms with Gasteiger partial charge in [-0.25, -0.2) is 0 Å². The highest BCUT2D eigenvalue weighted by atomic mass is 16.5. The number of allylic oxidation sites excluding steroid dienone is 1. The van der Waals surface area contributed by atoms with Gasteiger partial charge in [-0.1, -0.05) is 13.0 Å². The zero-order valence-electron chi connectivity index (χ0n) is 12.5. The highest BCUT2D eigenvalue weighted by Gasteiger charge is 2.08. The van der Waals surface area contributed by atoms with Crippen molar-refractivity contribution in [3.8, 4) is 11.5 Å².